The maximum Gasteiger partial charge on any atom is 0.244 e. The molecule has 6 heteroatoms. The third-order valence-electron chi connectivity index (χ3n) is 2.82. The van der Waals surface area contributed by atoms with Crippen LogP contribution in [0, 0.1) is 17.5 Å². The fourth-order valence-corrected chi connectivity index (χ4v) is 1.93. The molecule has 1 amide bonds. The minimum atomic E-state index is -1.29. The standard InChI is InChI=1S/C11H11F3N2O/c1-15-8-2-3-16(11(8)17)9-5-6(12)4-7(13)10(9)14/h4-5,8,15H,2-3H2,1H3. The topological polar surface area (TPSA) is 32.3 Å². The van der Waals surface area contributed by atoms with Gasteiger partial charge in [0, 0.05) is 18.7 Å². The number of amides is 1. The van der Waals surface area contributed by atoms with Crippen molar-refractivity contribution in [2.24, 2.45) is 0 Å². The Bertz CT molecular complexity index is 464. The molecule has 0 aliphatic carbocycles. The van der Waals surface area contributed by atoms with Crippen molar-refractivity contribution in [2.75, 3.05) is 18.5 Å². The molecule has 0 spiro atoms. The molecule has 3 nitrogen and oxygen atoms in total. The van der Waals surface area contributed by atoms with Crippen molar-refractivity contribution in [1.82, 2.24) is 5.32 Å². The first-order valence-corrected chi connectivity index (χ1v) is 5.17. The van der Waals surface area contributed by atoms with Gasteiger partial charge < -0.3 is 10.2 Å². The van der Waals surface area contributed by atoms with Crippen LogP contribution in [0.3, 0.4) is 0 Å². The van der Waals surface area contributed by atoms with Crippen LogP contribution in [0.25, 0.3) is 0 Å². The Balaban J connectivity index is 2.39. The average molecular weight is 244 g/mol. The molecule has 1 aromatic carbocycles. The molecular formula is C11H11F3N2O. The molecule has 17 heavy (non-hydrogen) atoms. The van der Waals surface area contributed by atoms with E-state index in [1.54, 1.807) is 7.05 Å². The van der Waals surface area contributed by atoms with Crippen LogP contribution in [0.4, 0.5) is 18.9 Å². The van der Waals surface area contributed by atoms with E-state index >= 15 is 0 Å². The number of hydrogen-bond donors (Lipinski definition) is 1. The number of carbonyl (C=O) groups excluding carboxylic acids is 1. The first kappa shape index (κ1) is 11.9. The summed E-state index contributed by atoms with van der Waals surface area (Å²) in [6.45, 7) is 0.240. The van der Waals surface area contributed by atoms with Crippen molar-refractivity contribution in [2.45, 2.75) is 12.5 Å². The summed E-state index contributed by atoms with van der Waals surface area (Å²) in [7, 11) is 1.61. The lowest BCUT2D eigenvalue weighted by Crippen LogP contribution is -2.36. The summed E-state index contributed by atoms with van der Waals surface area (Å²) in [6, 6.07) is 0.851. The smallest absolute Gasteiger partial charge is 0.244 e. The summed E-state index contributed by atoms with van der Waals surface area (Å²) in [5.41, 5.74) is -0.342. The summed E-state index contributed by atoms with van der Waals surface area (Å²) in [5.74, 6) is -3.77. The third kappa shape index (κ3) is 2.00. The maximum absolute atomic E-state index is 13.5. The lowest BCUT2D eigenvalue weighted by atomic mass is 10.2. The number of rotatable bonds is 2. The van der Waals surface area contributed by atoms with Crippen LogP contribution in [0.15, 0.2) is 12.1 Å². The van der Waals surface area contributed by atoms with Crippen molar-refractivity contribution < 1.29 is 18.0 Å². The molecular weight excluding hydrogens is 233 g/mol. The number of likely N-dealkylation sites (N-methyl/N-ethyl adjacent to an activating group) is 1. The van der Waals surface area contributed by atoms with E-state index in [0.29, 0.717) is 12.5 Å². The van der Waals surface area contributed by atoms with Crippen LogP contribution in [0.5, 0.6) is 0 Å². The molecule has 0 saturated carbocycles. The van der Waals surface area contributed by atoms with Gasteiger partial charge in [-0.25, -0.2) is 13.2 Å². The Hall–Kier alpha value is -1.56. The minimum absolute atomic E-state index is 0.240. The zero-order valence-electron chi connectivity index (χ0n) is 9.14. The van der Waals surface area contributed by atoms with E-state index in [-0.39, 0.29) is 18.1 Å². The fourth-order valence-electron chi connectivity index (χ4n) is 1.93. The highest BCUT2D eigenvalue weighted by molar-refractivity contribution is 5.99. The molecule has 1 aromatic rings. The van der Waals surface area contributed by atoms with Gasteiger partial charge in [-0.3, -0.25) is 4.79 Å². The van der Waals surface area contributed by atoms with E-state index in [9.17, 15) is 18.0 Å². The van der Waals surface area contributed by atoms with Gasteiger partial charge in [0.25, 0.3) is 0 Å². The van der Waals surface area contributed by atoms with Gasteiger partial charge in [0.2, 0.25) is 5.91 Å². The van der Waals surface area contributed by atoms with Crippen LogP contribution in [-0.2, 0) is 4.79 Å². The summed E-state index contributed by atoms with van der Waals surface area (Å²) in [5, 5.41) is 2.76. The Morgan fingerprint density at radius 3 is 2.65 bits per heavy atom. The highest BCUT2D eigenvalue weighted by Crippen LogP contribution is 2.27. The monoisotopic (exact) mass is 244 g/mol. The van der Waals surface area contributed by atoms with Gasteiger partial charge in [-0.15, -0.1) is 0 Å². The van der Waals surface area contributed by atoms with E-state index in [1.807, 2.05) is 0 Å². The number of nitrogens with zero attached hydrogens (tertiary/aromatic N) is 1. The summed E-state index contributed by atoms with van der Waals surface area (Å²) < 4.78 is 39.5. The maximum atomic E-state index is 13.5. The first-order valence-electron chi connectivity index (χ1n) is 5.17. The van der Waals surface area contributed by atoms with E-state index in [2.05, 4.69) is 5.32 Å². The van der Waals surface area contributed by atoms with E-state index in [4.69, 9.17) is 0 Å². The van der Waals surface area contributed by atoms with Crippen molar-refractivity contribution >= 4 is 11.6 Å². The van der Waals surface area contributed by atoms with E-state index in [1.165, 1.54) is 0 Å². The quantitative estimate of drug-likeness (QED) is 0.798. The number of hydrogen-bond acceptors (Lipinski definition) is 2. The van der Waals surface area contributed by atoms with Crippen LogP contribution in [0.1, 0.15) is 6.42 Å². The van der Waals surface area contributed by atoms with Crippen molar-refractivity contribution in [3.63, 3.8) is 0 Å². The van der Waals surface area contributed by atoms with Gasteiger partial charge in [-0.1, -0.05) is 0 Å². The Labute approximate surface area is 96.2 Å². The largest absolute Gasteiger partial charge is 0.309 e. The van der Waals surface area contributed by atoms with E-state index < -0.39 is 23.5 Å². The normalized spacial score (nSPS) is 20.1. The van der Waals surface area contributed by atoms with Crippen LogP contribution in [-0.4, -0.2) is 25.5 Å². The predicted molar refractivity (Wildman–Crippen MR) is 56.1 cm³/mol. The molecule has 0 radical (unpaired) electrons. The van der Waals surface area contributed by atoms with Crippen molar-refractivity contribution in [3.05, 3.63) is 29.6 Å². The molecule has 1 fully saturated rings. The zero-order valence-corrected chi connectivity index (χ0v) is 9.14. The number of benzene rings is 1. The number of nitrogens with one attached hydrogen (secondary N) is 1. The van der Waals surface area contributed by atoms with Crippen molar-refractivity contribution in [1.29, 1.82) is 0 Å². The van der Waals surface area contributed by atoms with Crippen LogP contribution >= 0.6 is 0 Å². The summed E-state index contributed by atoms with van der Waals surface area (Å²) in [4.78, 5) is 12.8. The lowest BCUT2D eigenvalue weighted by molar-refractivity contribution is -0.118. The number of carbonyl (C=O) groups is 1. The van der Waals surface area contributed by atoms with Crippen LogP contribution in [0.2, 0.25) is 0 Å². The number of halogens is 3. The number of anilines is 1. The van der Waals surface area contributed by atoms with Gasteiger partial charge in [0.15, 0.2) is 11.6 Å². The van der Waals surface area contributed by atoms with Gasteiger partial charge in [-0.2, -0.15) is 0 Å². The molecule has 1 atom stereocenters. The van der Waals surface area contributed by atoms with E-state index in [0.717, 1.165) is 11.0 Å². The summed E-state index contributed by atoms with van der Waals surface area (Å²) >= 11 is 0. The highest BCUT2D eigenvalue weighted by Gasteiger charge is 2.33. The molecule has 92 valence electrons. The molecule has 0 bridgehead atoms. The zero-order chi connectivity index (χ0) is 12.6. The molecule has 1 aliphatic heterocycles. The highest BCUT2D eigenvalue weighted by atomic mass is 19.2. The van der Waals surface area contributed by atoms with Gasteiger partial charge in [-0.05, 0) is 13.5 Å². The predicted octanol–water partition coefficient (Wildman–Crippen LogP) is 1.43. The molecule has 1 saturated heterocycles. The summed E-state index contributed by atoms with van der Waals surface area (Å²) in [6.07, 6.45) is 0.479. The second-order valence-corrected chi connectivity index (χ2v) is 3.84. The van der Waals surface area contributed by atoms with Crippen LogP contribution < -0.4 is 10.2 Å². The fraction of sp³-hybridized carbons (Fsp3) is 0.364. The van der Waals surface area contributed by atoms with Gasteiger partial charge in [0.1, 0.15) is 5.82 Å². The van der Waals surface area contributed by atoms with Gasteiger partial charge >= 0.3 is 0 Å². The SMILES string of the molecule is CNC1CCN(c2cc(F)cc(F)c2F)C1=O. The lowest BCUT2D eigenvalue weighted by Gasteiger charge is -2.17. The molecule has 1 aliphatic rings. The minimum Gasteiger partial charge on any atom is -0.309 e. The molecule has 1 N–H and O–H groups in total. The second-order valence-electron chi connectivity index (χ2n) is 3.84. The molecule has 1 unspecified atom stereocenters. The second kappa shape index (κ2) is 4.37. The molecule has 0 aromatic heterocycles. The first-order chi connectivity index (χ1) is 8.04. The van der Waals surface area contributed by atoms with Crippen molar-refractivity contribution in [3.8, 4) is 0 Å². The Morgan fingerprint density at radius 2 is 2.06 bits per heavy atom. The Morgan fingerprint density at radius 1 is 1.35 bits per heavy atom. The van der Waals surface area contributed by atoms with Gasteiger partial charge in [0.05, 0.1) is 11.7 Å². The molecule has 1 heterocycles. The average Bonchev–Trinajstić information content (AvgIpc) is 2.65. The molecule has 2 rings (SSSR count). The Kier molecular flexibility index (Phi) is 3.06. The third-order valence-corrected chi connectivity index (χ3v) is 2.82.